The Morgan fingerprint density at radius 1 is 1.41 bits per heavy atom. The van der Waals surface area contributed by atoms with Crippen LogP contribution in [0.15, 0.2) is 12.4 Å². The number of hydrogen-bond acceptors (Lipinski definition) is 4. The lowest BCUT2D eigenvalue weighted by molar-refractivity contribution is 0.509. The summed E-state index contributed by atoms with van der Waals surface area (Å²) in [7, 11) is 0. The normalized spacial score (nSPS) is 20.6. The standard InChI is InChI=1S/C13H22N4/c1-10(14)7-11-8-15-12(16-9-11)17-6-4-5-13(17,2)3/h8-10H,4-7,14H2,1-3H3. The van der Waals surface area contributed by atoms with Crippen molar-refractivity contribution in [1.82, 2.24) is 9.97 Å². The van der Waals surface area contributed by atoms with E-state index in [1.165, 1.54) is 12.8 Å². The van der Waals surface area contributed by atoms with Gasteiger partial charge in [-0.15, -0.1) is 0 Å². The summed E-state index contributed by atoms with van der Waals surface area (Å²) in [5, 5.41) is 0. The number of anilines is 1. The summed E-state index contributed by atoms with van der Waals surface area (Å²) in [6.45, 7) is 7.55. The lowest BCUT2D eigenvalue weighted by Gasteiger charge is -2.31. The maximum Gasteiger partial charge on any atom is 0.225 e. The summed E-state index contributed by atoms with van der Waals surface area (Å²) >= 11 is 0. The Balaban J connectivity index is 2.12. The van der Waals surface area contributed by atoms with Gasteiger partial charge >= 0.3 is 0 Å². The molecule has 2 N–H and O–H groups in total. The second kappa shape index (κ2) is 4.61. The van der Waals surface area contributed by atoms with Gasteiger partial charge in [-0.05, 0) is 45.6 Å². The minimum atomic E-state index is 0.160. The van der Waals surface area contributed by atoms with Crippen LogP contribution in [0.1, 0.15) is 39.2 Å². The molecule has 1 fully saturated rings. The van der Waals surface area contributed by atoms with Gasteiger partial charge in [0.1, 0.15) is 0 Å². The lowest BCUT2D eigenvalue weighted by Crippen LogP contribution is -2.39. The average molecular weight is 234 g/mol. The Morgan fingerprint density at radius 2 is 2.06 bits per heavy atom. The molecule has 1 aliphatic heterocycles. The molecule has 0 bridgehead atoms. The molecular formula is C13H22N4. The lowest BCUT2D eigenvalue weighted by atomic mass is 10.0. The monoisotopic (exact) mass is 234 g/mol. The predicted octanol–water partition coefficient (Wildman–Crippen LogP) is 1.75. The topological polar surface area (TPSA) is 55.0 Å². The minimum absolute atomic E-state index is 0.160. The first kappa shape index (κ1) is 12.3. The highest BCUT2D eigenvalue weighted by atomic mass is 15.3. The molecule has 1 saturated heterocycles. The summed E-state index contributed by atoms with van der Waals surface area (Å²) in [5.74, 6) is 0.848. The van der Waals surface area contributed by atoms with Gasteiger partial charge in [0.05, 0.1) is 0 Å². The zero-order valence-corrected chi connectivity index (χ0v) is 11.0. The first-order valence-electron chi connectivity index (χ1n) is 6.33. The fourth-order valence-corrected chi connectivity index (χ4v) is 2.44. The highest BCUT2D eigenvalue weighted by Gasteiger charge is 2.33. The van der Waals surface area contributed by atoms with E-state index in [-0.39, 0.29) is 11.6 Å². The molecule has 2 heterocycles. The van der Waals surface area contributed by atoms with Gasteiger partial charge < -0.3 is 10.6 Å². The van der Waals surface area contributed by atoms with Crippen molar-refractivity contribution >= 4 is 5.95 Å². The molecule has 1 aromatic rings. The van der Waals surface area contributed by atoms with Crippen LogP contribution >= 0.6 is 0 Å². The number of hydrogen-bond donors (Lipinski definition) is 1. The second-order valence-corrected chi connectivity index (χ2v) is 5.64. The molecule has 0 aliphatic carbocycles. The number of aromatic nitrogens is 2. The highest BCUT2D eigenvalue weighted by Crippen LogP contribution is 2.30. The summed E-state index contributed by atoms with van der Waals surface area (Å²) in [4.78, 5) is 11.2. The van der Waals surface area contributed by atoms with E-state index >= 15 is 0 Å². The van der Waals surface area contributed by atoms with Gasteiger partial charge in [0.15, 0.2) is 0 Å². The Hall–Kier alpha value is -1.16. The van der Waals surface area contributed by atoms with Crippen LogP contribution in [-0.4, -0.2) is 28.1 Å². The van der Waals surface area contributed by atoms with Crippen molar-refractivity contribution in [3.8, 4) is 0 Å². The zero-order chi connectivity index (χ0) is 12.5. The molecule has 1 unspecified atom stereocenters. The van der Waals surface area contributed by atoms with Crippen LogP contribution in [0, 0.1) is 0 Å². The van der Waals surface area contributed by atoms with E-state index in [0.29, 0.717) is 0 Å². The van der Waals surface area contributed by atoms with E-state index in [1.54, 1.807) is 0 Å². The van der Waals surface area contributed by atoms with E-state index in [4.69, 9.17) is 5.73 Å². The van der Waals surface area contributed by atoms with Crippen molar-refractivity contribution in [2.45, 2.75) is 51.6 Å². The highest BCUT2D eigenvalue weighted by molar-refractivity contribution is 5.36. The molecular weight excluding hydrogens is 212 g/mol. The third kappa shape index (κ3) is 2.75. The average Bonchev–Trinajstić information content (AvgIpc) is 2.58. The van der Waals surface area contributed by atoms with Crippen LogP contribution < -0.4 is 10.6 Å². The molecule has 0 saturated carbocycles. The Labute approximate surface area is 103 Å². The van der Waals surface area contributed by atoms with E-state index in [1.807, 2.05) is 19.3 Å². The van der Waals surface area contributed by atoms with Crippen molar-refractivity contribution in [2.75, 3.05) is 11.4 Å². The second-order valence-electron chi connectivity index (χ2n) is 5.64. The Bertz CT molecular complexity index is 370. The molecule has 17 heavy (non-hydrogen) atoms. The van der Waals surface area contributed by atoms with Crippen molar-refractivity contribution in [1.29, 1.82) is 0 Å². The molecule has 0 aromatic carbocycles. The fourth-order valence-electron chi connectivity index (χ4n) is 2.44. The molecule has 0 amide bonds. The first-order valence-corrected chi connectivity index (χ1v) is 6.33. The maximum absolute atomic E-state index is 5.76. The van der Waals surface area contributed by atoms with Crippen molar-refractivity contribution in [3.63, 3.8) is 0 Å². The molecule has 4 nitrogen and oxygen atoms in total. The van der Waals surface area contributed by atoms with Crippen LogP contribution in [-0.2, 0) is 6.42 Å². The molecule has 4 heteroatoms. The van der Waals surface area contributed by atoms with Crippen LogP contribution in [0.2, 0.25) is 0 Å². The summed E-state index contributed by atoms with van der Waals surface area (Å²) in [6, 6.07) is 0.160. The van der Waals surface area contributed by atoms with Gasteiger partial charge in [0.2, 0.25) is 5.95 Å². The SMILES string of the molecule is CC(N)Cc1cnc(N2CCCC2(C)C)nc1. The first-order chi connectivity index (χ1) is 7.99. The van der Waals surface area contributed by atoms with E-state index in [2.05, 4.69) is 28.7 Å². The van der Waals surface area contributed by atoms with Crippen molar-refractivity contribution in [2.24, 2.45) is 5.73 Å². The van der Waals surface area contributed by atoms with Crippen LogP contribution in [0.5, 0.6) is 0 Å². The number of nitrogens with two attached hydrogens (primary N) is 1. The third-order valence-corrected chi connectivity index (χ3v) is 3.39. The maximum atomic E-state index is 5.76. The third-order valence-electron chi connectivity index (χ3n) is 3.39. The van der Waals surface area contributed by atoms with Crippen LogP contribution in [0.25, 0.3) is 0 Å². The quantitative estimate of drug-likeness (QED) is 0.865. The molecule has 0 radical (unpaired) electrons. The summed E-state index contributed by atoms with van der Waals surface area (Å²) in [5.41, 5.74) is 7.06. The van der Waals surface area contributed by atoms with Gasteiger partial charge in [-0.2, -0.15) is 0 Å². The predicted molar refractivity (Wildman–Crippen MR) is 70.0 cm³/mol. The van der Waals surface area contributed by atoms with E-state index in [9.17, 15) is 0 Å². The van der Waals surface area contributed by atoms with Gasteiger partial charge in [0.25, 0.3) is 0 Å². The van der Waals surface area contributed by atoms with Gasteiger partial charge in [-0.25, -0.2) is 9.97 Å². The largest absolute Gasteiger partial charge is 0.336 e. The van der Waals surface area contributed by atoms with Gasteiger partial charge in [0, 0.05) is 30.5 Å². The van der Waals surface area contributed by atoms with Crippen LogP contribution in [0.3, 0.4) is 0 Å². The Morgan fingerprint density at radius 3 is 2.53 bits per heavy atom. The van der Waals surface area contributed by atoms with Crippen molar-refractivity contribution < 1.29 is 0 Å². The van der Waals surface area contributed by atoms with E-state index < -0.39 is 0 Å². The fraction of sp³-hybridized carbons (Fsp3) is 0.692. The molecule has 94 valence electrons. The van der Waals surface area contributed by atoms with Crippen LogP contribution in [0.4, 0.5) is 5.95 Å². The molecule has 0 spiro atoms. The summed E-state index contributed by atoms with van der Waals surface area (Å²) < 4.78 is 0. The van der Waals surface area contributed by atoms with Gasteiger partial charge in [-0.1, -0.05) is 0 Å². The van der Waals surface area contributed by atoms with E-state index in [0.717, 1.165) is 24.5 Å². The molecule has 1 atom stereocenters. The Kier molecular flexibility index (Phi) is 3.33. The summed E-state index contributed by atoms with van der Waals surface area (Å²) in [6.07, 6.45) is 7.07. The van der Waals surface area contributed by atoms with Crippen molar-refractivity contribution in [3.05, 3.63) is 18.0 Å². The molecule has 1 aliphatic rings. The van der Waals surface area contributed by atoms with Gasteiger partial charge in [-0.3, -0.25) is 0 Å². The molecule has 2 rings (SSSR count). The smallest absolute Gasteiger partial charge is 0.225 e. The molecule has 1 aromatic heterocycles. The number of nitrogens with zero attached hydrogens (tertiary/aromatic N) is 3. The number of rotatable bonds is 3. The minimum Gasteiger partial charge on any atom is -0.336 e. The zero-order valence-electron chi connectivity index (χ0n) is 11.0.